The molecule has 5 nitrogen and oxygen atoms in total. The van der Waals surface area contributed by atoms with Crippen LogP contribution in [0.3, 0.4) is 0 Å². The van der Waals surface area contributed by atoms with Crippen LogP contribution in [0.5, 0.6) is 0 Å². The molecule has 0 aliphatic carbocycles. The minimum atomic E-state index is -0.510. The van der Waals surface area contributed by atoms with E-state index >= 15 is 0 Å². The zero-order valence-corrected chi connectivity index (χ0v) is 11.1. The number of amides is 2. The van der Waals surface area contributed by atoms with Crippen molar-refractivity contribution in [2.45, 2.75) is 0 Å². The number of fused-ring (bicyclic) bond motifs is 1. The van der Waals surface area contributed by atoms with E-state index in [0.29, 0.717) is 11.3 Å². The lowest BCUT2D eigenvalue weighted by Crippen LogP contribution is -2.30. The van der Waals surface area contributed by atoms with Crippen LogP contribution in [-0.4, -0.2) is 16.8 Å². The van der Waals surface area contributed by atoms with Gasteiger partial charge in [0.2, 0.25) is 0 Å². The maximum Gasteiger partial charge on any atom is 0.260 e. The molecule has 0 atom stereocenters. The molecule has 0 spiro atoms. The van der Waals surface area contributed by atoms with E-state index in [-0.39, 0.29) is 5.56 Å². The smallest absolute Gasteiger partial charge is 0.260 e. The van der Waals surface area contributed by atoms with Gasteiger partial charge in [0, 0.05) is 23.0 Å². The molecule has 21 heavy (non-hydrogen) atoms. The van der Waals surface area contributed by atoms with Crippen LogP contribution in [0.4, 0.5) is 5.69 Å². The molecule has 5 heteroatoms. The van der Waals surface area contributed by atoms with Crippen LogP contribution in [0.2, 0.25) is 0 Å². The average Bonchev–Trinajstić information content (AvgIpc) is 2.94. The van der Waals surface area contributed by atoms with Crippen molar-refractivity contribution < 1.29 is 9.59 Å². The van der Waals surface area contributed by atoms with E-state index in [1.165, 1.54) is 0 Å². The van der Waals surface area contributed by atoms with Gasteiger partial charge in [-0.25, -0.2) is 0 Å². The number of H-pyrrole nitrogens is 1. The zero-order chi connectivity index (χ0) is 14.8. The van der Waals surface area contributed by atoms with Gasteiger partial charge in [0.05, 0.1) is 5.56 Å². The van der Waals surface area contributed by atoms with Gasteiger partial charge in [-0.15, -0.1) is 0 Å². The summed E-state index contributed by atoms with van der Waals surface area (Å²) in [5.41, 5.74) is 7.59. The lowest BCUT2D eigenvalue weighted by atomic mass is 10.1. The van der Waals surface area contributed by atoms with E-state index in [0.717, 1.165) is 10.9 Å². The second kappa shape index (κ2) is 5.13. The largest absolute Gasteiger partial charge is 0.398 e. The molecule has 4 N–H and O–H groups in total. The Morgan fingerprint density at radius 3 is 2.62 bits per heavy atom. The van der Waals surface area contributed by atoms with E-state index in [9.17, 15) is 9.59 Å². The average molecular weight is 279 g/mol. The van der Waals surface area contributed by atoms with E-state index in [1.807, 2.05) is 12.1 Å². The van der Waals surface area contributed by atoms with Crippen molar-refractivity contribution >= 4 is 28.4 Å². The molecule has 0 saturated carbocycles. The van der Waals surface area contributed by atoms with Crippen LogP contribution in [0.25, 0.3) is 10.9 Å². The van der Waals surface area contributed by atoms with Gasteiger partial charge in [0.1, 0.15) is 0 Å². The highest BCUT2D eigenvalue weighted by molar-refractivity contribution is 6.12. The van der Waals surface area contributed by atoms with Crippen LogP contribution in [0.15, 0.2) is 54.7 Å². The minimum absolute atomic E-state index is 0.284. The van der Waals surface area contributed by atoms with Crippen LogP contribution in [0, 0.1) is 0 Å². The van der Waals surface area contributed by atoms with Gasteiger partial charge >= 0.3 is 0 Å². The third-order valence-corrected chi connectivity index (χ3v) is 3.25. The van der Waals surface area contributed by atoms with Gasteiger partial charge in [0.15, 0.2) is 0 Å². The minimum Gasteiger partial charge on any atom is -0.398 e. The number of aromatic nitrogens is 1. The molecule has 2 aromatic carbocycles. The number of nitrogen functional groups attached to an aromatic ring is 1. The Hall–Kier alpha value is -3.08. The summed E-state index contributed by atoms with van der Waals surface area (Å²) >= 11 is 0. The molecule has 3 rings (SSSR count). The topological polar surface area (TPSA) is 88.0 Å². The number of para-hydroxylation sites is 1. The molecule has 1 aromatic heterocycles. The van der Waals surface area contributed by atoms with Gasteiger partial charge in [-0.2, -0.15) is 0 Å². The second-order valence-corrected chi connectivity index (χ2v) is 4.65. The van der Waals surface area contributed by atoms with E-state index in [1.54, 1.807) is 42.6 Å². The Labute approximate surface area is 120 Å². The summed E-state index contributed by atoms with van der Waals surface area (Å²) in [6.07, 6.45) is 1.79. The first-order chi connectivity index (χ1) is 10.1. The fraction of sp³-hybridized carbons (Fsp3) is 0. The number of carbonyl (C=O) groups excluding carboxylic acids is 2. The van der Waals surface area contributed by atoms with Gasteiger partial charge in [0.25, 0.3) is 11.8 Å². The summed E-state index contributed by atoms with van der Waals surface area (Å²) in [6.45, 7) is 0. The maximum atomic E-state index is 12.1. The number of nitrogens with one attached hydrogen (secondary N) is 2. The molecule has 0 radical (unpaired) electrons. The van der Waals surface area contributed by atoms with Crippen molar-refractivity contribution in [2.75, 3.05) is 5.73 Å². The maximum absolute atomic E-state index is 12.1. The zero-order valence-electron chi connectivity index (χ0n) is 11.1. The summed E-state index contributed by atoms with van der Waals surface area (Å²) in [6, 6.07) is 13.7. The lowest BCUT2D eigenvalue weighted by molar-refractivity contribution is 0.0850. The van der Waals surface area contributed by atoms with Crippen LogP contribution in [-0.2, 0) is 0 Å². The second-order valence-electron chi connectivity index (χ2n) is 4.65. The van der Waals surface area contributed by atoms with E-state index in [4.69, 9.17) is 5.73 Å². The number of nitrogens with two attached hydrogens (primary N) is 1. The molecule has 0 unspecified atom stereocenters. The Morgan fingerprint density at radius 1 is 1.00 bits per heavy atom. The van der Waals surface area contributed by atoms with Crippen LogP contribution >= 0.6 is 0 Å². The van der Waals surface area contributed by atoms with E-state index < -0.39 is 11.8 Å². The Morgan fingerprint density at radius 2 is 1.81 bits per heavy atom. The summed E-state index contributed by atoms with van der Waals surface area (Å²) in [5.74, 6) is -0.968. The number of hydrogen-bond acceptors (Lipinski definition) is 3. The van der Waals surface area contributed by atoms with Crippen molar-refractivity contribution in [3.05, 3.63) is 65.9 Å². The molecule has 0 aliphatic heterocycles. The molecular formula is C16H13N3O2. The third-order valence-electron chi connectivity index (χ3n) is 3.25. The van der Waals surface area contributed by atoms with Gasteiger partial charge in [-0.1, -0.05) is 18.2 Å². The summed E-state index contributed by atoms with van der Waals surface area (Å²) in [5, 5.41) is 3.34. The molecular weight excluding hydrogens is 266 g/mol. The number of carbonyl (C=O) groups is 2. The number of anilines is 1. The number of benzene rings is 2. The van der Waals surface area contributed by atoms with Crippen LogP contribution < -0.4 is 11.1 Å². The first-order valence-electron chi connectivity index (χ1n) is 6.42. The number of imide groups is 1. The third kappa shape index (κ3) is 2.49. The molecule has 0 saturated heterocycles. The number of aromatic amines is 1. The Kier molecular flexibility index (Phi) is 3.16. The Balaban J connectivity index is 1.82. The number of hydrogen-bond donors (Lipinski definition) is 3. The molecule has 0 aliphatic rings. The SMILES string of the molecule is Nc1ccccc1C(=O)NC(=O)c1ccc2cc[nH]c2c1. The molecule has 0 bridgehead atoms. The first-order valence-corrected chi connectivity index (χ1v) is 6.42. The fourth-order valence-electron chi connectivity index (χ4n) is 2.14. The van der Waals surface area contributed by atoms with Crippen LogP contribution in [0.1, 0.15) is 20.7 Å². The van der Waals surface area contributed by atoms with Crippen molar-refractivity contribution in [3.8, 4) is 0 Å². The van der Waals surface area contributed by atoms with Gasteiger partial charge < -0.3 is 10.7 Å². The van der Waals surface area contributed by atoms with Crippen molar-refractivity contribution in [3.63, 3.8) is 0 Å². The molecule has 1 heterocycles. The highest BCUT2D eigenvalue weighted by Crippen LogP contribution is 2.15. The summed E-state index contributed by atoms with van der Waals surface area (Å²) in [4.78, 5) is 27.2. The lowest BCUT2D eigenvalue weighted by Gasteiger charge is -2.06. The number of rotatable bonds is 2. The van der Waals surface area contributed by atoms with Crippen molar-refractivity contribution in [2.24, 2.45) is 0 Å². The van der Waals surface area contributed by atoms with Gasteiger partial charge in [-0.05, 0) is 35.7 Å². The standard InChI is InChI=1S/C16H13N3O2/c17-13-4-2-1-3-12(13)16(21)19-15(20)11-6-5-10-7-8-18-14(10)9-11/h1-9,18H,17H2,(H,19,20,21). The molecule has 2 amide bonds. The van der Waals surface area contributed by atoms with Crippen molar-refractivity contribution in [1.29, 1.82) is 0 Å². The summed E-state index contributed by atoms with van der Waals surface area (Å²) in [7, 11) is 0. The highest BCUT2D eigenvalue weighted by Gasteiger charge is 2.14. The monoisotopic (exact) mass is 279 g/mol. The molecule has 3 aromatic rings. The predicted molar refractivity (Wildman–Crippen MR) is 80.9 cm³/mol. The quantitative estimate of drug-likeness (QED) is 0.497. The first kappa shape index (κ1) is 12.9. The summed E-state index contributed by atoms with van der Waals surface area (Å²) < 4.78 is 0. The normalized spacial score (nSPS) is 10.5. The van der Waals surface area contributed by atoms with Crippen molar-refractivity contribution in [1.82, 2.24) is 10.3 Å². The molecule has 0 fully saturated rings. The molecule has 104 valence electrons. The Bertz CT molecular complexity index is 836. The fourth-order valence-corrected chi connectivity index (χ4v) is 2.14. The predicted octanol–water partition coefficient (Wildman–Crippen LogP) is 2.32. The highest BCUT2D eigenvalue weighted by atomic mass is 16.2. The van der Waals surface area contributed by atoms with Gasteiger partial charge in [-0.3, -0.25) is 14.9 Å². The van der Waals surface area contributed by atoms with E-state index in [2.05, 4.69) is 10.3 Å².